The van der Waals surface area contributed by atoms with E-state index in [9.17, 15) is 4.79 Å². The van der Waals surface area contributed by atoms with Crippen molar-refractivity contribution in [2.24, 2.45) is 17.3 Å². The topological polar surface area (TPSA) is 32.3 Å². The number of carbonyl (C=O) groups excluding carboxylic acids is 1. The molecule has 2 saturated carbocycles. The van der Waals surface area contributed by atoms with E-state index in [4.69, 9.17) is 0 Å². The SMILES string of the molecule is CC1CCCN(C(=O)NCC2(C3CC3)CC2)C1. The second-order valence-corrected chi connectivity index (χ2v) is 6.49. The Labute approximate surface area is 104 Å². The van der Waals surface area contributed by atoms with Gasteiger partial charge >= 0.3 is 6.03 Å². The van der Waals surface area contributed by atoms with Gasteiger partial charge in [-0.15, -0.1) is 0 Å². The number of piperidine rings is 1. The Kier molecular flexibility index (Phi) is 2.80. The Morgan fingerprint density at radius 3 is 2.71 bits per heavy atom. The standard InChI is InChI=1S/C14H24N2O/c1-11-3-2-8-16(9-11)13(17)15-10-14(6-7-14)12-4-5-12/h11-12H,2-10H2,1H3,(H,15,17). The lowest BCUT2D eigenvalue weighted by atomic mass is 10.00. The summed E-state index contributed by atoms with van der Waals surface area (Å²) in [6.07, 6.45) is 7.92. The van der Waals surface area contributed by atoms with Gasteiger partial charge in [-0.25, -0.2) is 4.79 Å². The molecule has 0 bridgehead atoms. The molecule has 96 valence electrons. The lowest BCUT2D eigenvalue weighted by Crippen LogP contribution is -2.46. The molecule has 1 unspecified atom stereocenters. The molecular formula is C14H24N2O. The van der Waals surface area contributed by atoms with Gasteiger partial charge in [0.05, 0.1) is 0 Å². The van der Waals surface area contributed by atoms with E-state index in [-0.39, 0.29) is 6.03 Å². The van der Waals surface area contributed by atoms with Crippen LogP contribution >= 0.6 is 0 Å². The number of rotatable bonds is 3. The van der Waals surface area contributed by atoms with E-state index in [0.29, 0.717) is 11.3 Å². The lowest BCUT2D eigenvalue weighted by Gasteiger charge is -2.31. The van der Waals surface area contributed by atoms with Gasteiger partial charge < -0.3 is 10.2 Å². The van der Waals surface area contributed by atoms with Gasteiger partial charge in [0.25, 0.3) is 0 Å². The van der Waals surface area contributed by atoms with Crippen molar-refractivity contribution in [3.8, 4) is 0 Å². The summed E-state index contributed by atoms with van der Waals surface area (Å²) >= 11 is 0. The second kappa shape index (κ2) is 4.18. The number of likely N-dealkylation sites (tertiary alicyclic amines) is 1. The van der Waals surface area contributed by atoms with Crippen LogP contribution in [0.2, 0.25) is 0 Å². The molecule has 0 aromatic carbocycles. The molecule has 1 saturated heterocycles. The predicted octanol–water partition coefficient (Wildman–Crippen LogP) is 2.62. The van der Waals surface area contributed by atoms with Crippen LogP contribution < -0.4 is 5.32 Å². The third kappa shape index (κ3) is 2.43. The molecule has 0 aromatic heterocycles. The summed E-state index contributed by atoms with van der Waals surface area (Å²) in [5, 5.41) is 3.18. The summed E-state index contributed by atoms with van der Waals surface area (Å²) in [5.41, 5.74) is 0.525. The monoisotopic (exact) mass is 236 g/mol. The molecule has 2 amide bonds. The highest BCUT2D eigenvalue weighted by atomic mass is 16.2. The minimum atomic E-state index is 0.184. The number of amides is 2. The van der Waals surface area contributed by atoms with Crippen molar-refractivity contribution in [1.82, 2.24) is 10.2 Å². The molecule has 3 rings (SSSR count). The Balaban J connectivity index is 1.46. The highest BCUT2D eigenvalue weighted by Gasteiger charge is 2.53. The summed E-state index contributed by atoms with van der Waals surface area (Å²) in [5.74, 6) is 1.61. The quantitative estimate of drug-likeness (QED) is 0.802. The molecule has 3 nitrogen and oxygen atoms in total. The smallest absolute Gasteiger partial charge is 0.317 e. The van der Waals surface area contributed by atoms with Gasteiger partial charge in [0.2, 0.25) is 0 Å². The number of hydrogen-bond acceptors (Lipinski definition) is 1. The fourth-order valence-corrected chi connectivity index (χ4v) is 3.32. The fraction of sp³-hybridized carbons (Fsp3) is 0.929. The number of urea groups is 1. The number of nitrogens with one attached hydrogen (secondary N) is 1. The van der Waals surface area contributed by atoms with Gasteiger partial charge in [-0.2, -0.15) is 0 Å². The largest absolute Gasteiger partial charge is 0.337 e. The first-order valence-corrected chi connectivity index (χ1v) is 7.22. The van der Waals surface area contributed by atoms with Crippen LogP contribution in [0.3, 0.4) is 0 Å². The van der Waals surface area contributed by atoms with E-state index in [1.54, 1.807) is 0 Å². The number of nitrogens with zero attached hydrogens (tertiary/aromatic N) is 1. The Morgan fingerprint density at radius 2 is 2.12 bits per heavy atom. The van der Waals surface area contributed by atoms with Crippen molar-refractivity contribution in [2.45, 2.75) is 45.4 Å². The maximum atomic E-state index is 12.1. The van der Waals surface area contributed by atoms with Crippen LogP contribution in [0.4, 0.5) is 4.79 Å². The van der Waals surface area contributed by atoms with Crippen LogP contribution in [-0.4, -0.2) is 30.6 Å². The first-order valence-electron chi connectivity index (χ1n) is 7.22. The maximum absolute atomic E-state index is 12.1. The predicted molar refractivity (Wildman–Crippen MR) is 67.8 cm³/mol. The molecule has 3 aliphatic rings. The van der Waals surface area contributed by atoms with Crippen LogP contribution in [0, 0.1) is 17.3 Å². The van der Waals surface area contributed by atoms with Crippen LogP contribution in [0.15, 0.2) is 0 Å². The summed E-state index contributed by atoms with van der Waals surface area (Å²) in [6.45, 7) is 5.07. The zero-order valence-corrected chi connectivity index (χ0v) is 10.9. The van der Waals surface area contributed by atoms with E-state index in [0.717, 1.165) is 25.6 Å². The second-order valence-electron chi connectivity index (χ2n) is 6.49. The average molecular weight is 236 g/mol. The van der Waals surface area contributed by atoms with Crippen molar-refractivity contribution in [3.05, 3.63) is 0 Å². The first-order chi connectivity index (χ1) is 8.20. The first kappa shape index (κ1) is 11.4. The van der Waals surface area contributed by atoms with Gasteiger partial charge in [0.1, 0.15) is 0 Å². The van der Waals surface area contributed by atoms with Gasteiger partial charge in [-0.1, -0.05) is 6.92 Å². The molecule has 0 aromatic rings. The normalized spacial score (nSPS) is 31.1. The molecule has 2 aliphatic carbocycles. The van der Waals surface area contributed by atoms with Crippen molar-refractivity contribution >= 4 is 6.03 Å². The molecule has 3 fully saturated rings. The zero-order chi connectivity index (χ0) is 11.9. The summed E-state index contributed by atoms with van der Waals surface area (Å²) in [7, 11) is 0. The summed E-state index contributed by atoms with van der Waals surface area (Å²) in [4.78, 5) is 14.1. The van der Waals surface area contributed by atoms with Crippen LogP contribution in [0.5, 0.6) is 0 Å². The van der Waals surface area contributed by atoms with Crippen molar-refractivity contribution in [3.63, 3.8) is 0 Å². The molecular weight excluding hydrogens is 212 g/mol. The van der Waals surface area contributed by atoms with E-state index >= 15 is 0 Å². The Bertz CT molecular complexity index is 307. The maximum Gasteiger partial charge on any atom is 0.317 e. The summed E-state index contributed by atoms with van der Waals surface area (Å²) in [6, 6.07) is 0.184. The summed E-state index contributed by atoms with van der Waals surface area (Å²) < 4.78 is 0. The van der Waals surface area contributed by atoms with Crippen LogP contribution in [0.25, 0.3) is 0 Å². The highest BCUT2D eigenvalue weighted by Crippen LogP contribution is 2.60. The van der Waals surface area contributed by atoms with Crippen molar-refractivity contribution < 1.29 is 4.79 Å². The van der Waals surface area contributed by atoms with Gasteiger partial charge in [-0.3, -0.25) is 0 Å². The van der Waals surface area contributed by atoms with Crippen molar-refractivity contribution in [1.29, 1.82) is 0 Å². The van der Waals surface area contributed by atoms with Crippen LogP contribution in [0.1, 0.15) is 45.4 Å². The Morgan fingerprint density at radius 1 is 1.35 bits per heavy atom. The Hall–Kier alpha value is -0.730. The molecule has 1 aliphatic heterocycles. The number of carbonyl (C=O) groups is 1. The fourth-order valence-electron chi connectivity index (χ4n) is 3.32. The van der Waals surface area contributed by atoms with E-state index in [2.05, 4.69) is 12.2 Å². The average Bonchev–Trinajstić information content (AvgIpc) is 3.15. The van der Waals surface area contributed by atoms with Crippen LogP contribution in [-0.2, 0) is 0 Å². The van der Waals surface area contributed by atoms with Crippen molar-refractivity contribution in [2.75, 3.05) is 19.6 Å². The highest BCUT2D eigenvalue weighted by molar-refractivity contribution is 5.74. The van der Waals surface area contributed by atoms with E-state index in [1.807, 2.05) is 4.90 Å². The minimum Gasteiger partial charge on any atom is -0.337 e. The number of hydrogen-bond donors (Lipinski definition) is 1. The van der Waals surface area contributed by atoms with E-state index < -0.39 is 0 Å². The minimum absolute atomic E-state index is 0.184. The molecule has 0 spiro atoms. The van der Waals surface area contributed by atoms with Gasteiger partial charge in [-0.05, 0) is 55.8 Å². The molecule has 3 heteroatoms. The molecule has 17 heavy (non-hydrogen) atoms. The van der Waals surface area contributed by atoms with E-state index in [1.165, 1.54) is 38.5 Å². The van der Waals surface area contributed by atoms with Gasteiger partial charge in [0.15, 0.2) is 0 Å². The molecule has 1 heterocycles. The zero-order valence-electron chi connectivity index (χ0n) is 10.9. The third-order valence-electron chi connectivity index (χ3n) is 4.87. The molecule has 0 radical (unpaired) electrons. The van der Waals surface area contributed by atoms with Gasteiger partial charge in [0, 0.05) is 19.6 Å². The third-order valence-corrected chi connectivity index (χ3v) is 4.87. The lowest BCUT2D eigenvalue weighted by molar-refractivity contribution is 0.167. The molecule has 1 N–H and O–H groups in total. The molecule has 1 atom stereocenters.